The molecule has 3 rings (SSSR count). The van der Waals surface area contributed by atoms with Crippen LogP contribution in [0.15, 0.2) is 30.5 Å². The van der Waals surface area contributed by atoms with Crippen LogP contribution in [0.1, 0.15) is 47.2 Å². The van der Waals surface area contributed by atoms with Crippen molar-refractivity contribution in [3.8, 4) is 16.9 Å². The van der Waals surface area contributed by atoms with Crippen LogP contribution in [0.2, 0.25) is 23.3 Å². The Morgan fingerprint density at radius 2 is 1.81 bits per heavy atom. The monoisotopic (exact) mass is 546 g/mol. The van der Waals surface area contributed by atoms with Crippen molar-refractivity contribution in [2.45, 2.75) is 72.1 Å². The first kappa shape index (κ1) is 28.9. The van der Waals surface area contributed by atoms with Crippen LogP contribution in [0.3, 0.4) is 0 Å². The molecular weight excluding hydrogens is 508 g/mol. The molecular formula is C27H39ClN4O4Si. The average molecular weight is 547 g/mol. The van der Waals surface area contributed by atoms with Gasteiger partial charge in [-0.3, -0.25) is 5.10 Å². The van der Waals surface area contributed by atoms with E-state index in [-0.39, 0.29) is 18.3 Å². The smallest absolute Gasteiger partial charge is 0.405 e. The summed E-state index contributed by atoms with van der Waals surface area (Å²) >= 11 is 6.47. The van der Waals surface area contributed by atoms with Crippen molar-refractivity contribution in [1.82, 2.24) is 20.5 Å². The van der Waals surface area contributed by atoms with E-state index in [1.54, 1.807) is 6.20 Å². The first-order chi connectivity index (χ1) is 17.0. The lowest BCUT2D eigenvalue weighted by Gasteiger charge is -2.47. The number of benzene rings is 1. The number of hydrogen-bond acceptors (Lipinski definition) is 5. The second-order valence-corrected chi connectivity index (χ2v) is 17.3. The van der Waals surface area contributed by atoms with Crippen molar-refractivity contribution < 1.29 is 19.1 Å². The molecule has 37 heavy (non-hydrogen) atoms. The Morgan fingerprint density at radius 3 is 2.41 bits per heavy atom. The number of ether oxygens (including phenoxy) is 1. The zero-order valence-electron chi connectivity index (χ0n) is 23.2. The van der Waals surface area contributed by atoms with Gasteiger partial charge in [0.15, 0.2) is 8.32 Å². The number of fused-ring (bicyclic) bond motifs is 1. The highest BCUT2D eigenvalue weighted by molar-refractivity contribution is 6.74. The lowest BCUT2D eigenvalue weighted by atomic mass is 9.74. The number of H-pyrrole nitrogens is 1. The van der Waals surface area contributed by atoms with Gasteiger partial charge >= 0.3 is 6.09 Å². The second kappa shape index (κ2) is 10.3. The number of nitrogens with zero attached hydrogens (tertiary/aromatic N) is 2. The minimum absolute atomic E-state index is 0.0237. The Balaban J connectivity index is 1.93. The number of amides is 1. The van der Waals surface area contributed by atoms with Gasteiger partial charge < -0.3 is 19.6 Å². The summed E-state index contributed by atoms with van der Waals surface area (Å²) in [7, 11) is -2.16. The zero-order chi connectivity index (χ0) is 27.8. The molecule has 3 N–H and O–H groups in total. The highest BCUT2D eigenvalue weighted by atomic mass is 35.5. The van der Waals surface area contributed by atoms with Gasteiger partial charge in [-0.1, -0.05) is 59.2 Å². The molecule has 0 aliphatic carbocycles. The van der Waals surface area contributed by atoms with E-state index >= 15 is 0 Å². The predicted octanol–water partition coefficient (Wildman–Crippen LogP) is 7.04. The van der Waals surface area contributed by atoms with Crippen LogP contribution in [0.25, 0.3) is 22.0 Å². The van der Waals surface area contributed by atoms with Crippen molar-refractivity contribution in [3.05, 3.63) is 41.3 Å². The largest absolute Gasteiger partial charge is 0.489 e. The summed E-state index contributed by atoms with van der Waals surface area (Å²) in [5, 5.41) is 21.1. The average Bonchev–Trinajstić information content (AvgIpc) is 3.15. The predicted molar refractivity (Wildman–Crippen MR) is 151 cm³/mol. The minimum Gasteiger partial charge on any atom is -0.489 e. The number of aryl methyl sites for hydroxylation is 1. The van der Waals surface area contributed by atoms with Crippen LogP contribution in [0.5, 0.6) is 5.75 Å². The number of halogens is 1. The van der Waals surface area contributed by atoms with E-state index in [0.717, 1.165) is 22.2 Å². The van der Waals surface area contributed by atoms with E-state index in [1.807, 2.05) is 52.0 Å². The van der Waals surface area contributed by atoms with Gasteiger partial charge in [-0.15, -0.1) is 0 Å². The highest BCUT2D eigenvalue weighted by Gasteiger charge is 2.48. The van der Waals surface area contributed by atoms with Crippen molar-refractivity contribution in [3.63, 3.8) is 0 Å². The van der Waals surface area contributed by atoms with Gasteiger partial charge in [-0.25, -0.2) is 9.78 Å². The van der Waals surface area contributed by atoms with Gasteiger partial charge in [0, 0.05) is 10.9 Å². The molecule has 0 saturated heterocycles. The van der Waals surface area contributed by atoms with E-state index < -0.39 is 25.4 Å². The fourth-order valence-electron chi connectivity index (χ4n) is 3.69. The molecule has 0 aliphatic rings. The van der Waals surface area contributed by atoms with Crippen molar-refractivity contribution in [2.75, 3.05) is 13.2 Å². The molecule has 10 heteroatoms. The molecule has 0 bridgehead atoms. The van der Waals surface area contributed by atoms with Gasteiger partial charge in [0.2, 0.25) is 0 Å². The summed E-state index contributed by atoms with van der Waals surface area (Å²) in [5.41, 5.74) is 1.90. The summed E-state index contributed by atoms with van der Waals surface area (Å²) in [6.45, 7) is 18.9. The third-order valence-electron chi connectivity index (χ3n) is 7.63. The number of nitrogens with one attached hydrogen (secondary N) is 2. The lowest BCUT2D eigenvalue weighted by Crippen LogP contribution is -2.64. The van der Waals surface area contributed by atoms with E-state index in [0.29, 0.717) is 16.5 Å². The highest BCUT2D eigenvalue weighted by Crippen LogP contribution is 2.40. The number of aromatic nitrogens is 3. The van der Waals surface area contributed by atoms with E-state index in [4.69, 9.17) is 20.8 Å². The molecule has 0 aliphatic heterocycles. The van der Waals surface area contributed by atoms with Crippen LogP contribution < -0.4 is 10.1 Å². The fourth-order valence-corrected chi connectivity index (χ4v) is 4.94. The molecule has 8 nitrogen and oxygen atoms in total. The normalized spacial score (nSPS) is 14.4. The SMILES string of the molecule is Cc1n[nH]c2ccc(-c3cc(OC[C@](CO[Si](C)(C)C(C)(C)C)(NC(=O)O)C(C)(C)C)cnc3Cl)cc12. The maximum absolute atomic E-state index is 11.9. The van der Waals surface area contributed by atoms with Crippen LogP contribution >= 0.6 is 11.6 Å². The maximum Gasteiger partial charge on any atom is 0.405 e. The number of aromatic amines is 1. The number of carboxylic acid groups (broad SMARTS) is 1. The molecule has 0 radical (unpaired) electrons. The topological polar surface area (TPSA) is 109 Å². The summed E-state index contributed by atoms with van der Waals surface area (Å²) in [6.07, 6.45) is 0.423. The Bertz CT molecular complexity index is 1280. The second-order valence-electron chi connectivity index (χ2n) is 12.2. The molecule has 1 aromatic carbocycles. The Labute approximate surface area is 225 Å². The molecule has 0 spiro atoms. The number of carbonyl (C=O) groups is 1. The van der Waals surface area contributed by atoms with Crippen LogP contribution in [-0.2, 0) is 4.43 Å². The molecule has 3 aromatic rings. The van der Waals surface area contributed by atoms with Crippen LogP contribution in [0, 0.1) is 12.3 Å². The number of rotatable bonds is 8. The van der Waals surface area contributed by atoms with Gasteiger partial charge in [-0.2, -0.15) is 5.10 Å². The molecule has 2 aromatic heterocycles. The molecule has 2 heterocycles. The van der Waals surface area contributed by atoms with E-state index in [9.17, 15) is 9.90 Å². The standard InChI is InChI=1S/C27H39ClN4O4Si/c1-17-20-12-18(10-11-22(20)32-31-17)21-13-19(14-29-23(21)28)35-15-27(25(2,3)4,30-24(33)34)16-36-37(8,9)26(5,6)7/h10-14,30H,15-16H2,1-9H3,(H,31,32)(H,33,34)/t27-/m1/s1. The molecule has 0 unspecified atom stereocenters. The summed E-state index contributed by atoms with van der Waals surface area (Å²) in [4.78, 5) is 16.3. The van der Waals surface area contributed by atoms with E-state index in [1.165, 1.54) is 0 Å². The van der Waals surface area contributed by atoms with Gasteiger partial charge in [0.05, 0.1) is 24.0 Å². The van der Waals surface area contributed by atoms with Crippen LogP contribution in [0.4, 0.5) is 4.79 Å². The number of hydrogen-bond donors (Lipinski definition) is 3. The zero-order valence-corrected chi connectivity index (χ0v) is 25.0. The Hall–Kier alpha value is -2.62. The summed E-state index contributed by atoms with van der Waals surface area (Å²) in [5.74, 6) is 0.483. The van der Waals surface area contributed by atoms with Crippen molar-refractivity contribution in [2.24, 2.45) is 5.41 Å². The quantitative estimate of drug-likeness (QED) is 0.206. The first-order valence-electron chi connectivity index (χ1n) is 12.3. The van der Waals surface area contributed by atoms with Gasteiger partial charge in [0.1, 0.15) is 23.0 Å². The lowest BCUT2D eigenvalue weighted by molar-refractivity contribution is 0.0250. The molecule has 1 atom stereocenters. The van der Waals surface area contributed by atoms with Crippen LogP contribution in [-0.4, -0.2) is 53.5 Å². The Kier molecular flexibility index (Phi) is 8.03. The molecule has 1 amide bonds. The van der Waals surface area contributed by atoms with Gasteiger partial charge in [-0.05, 0) is 54.2 Å². The Morgan fingerprint density at radius 1 is 1.14 bits per heavy atom. The maximum atomic E-state index is 11.9. The molecule has 0 fully saturated rings. The fraction of sp³-hybridized carbons (Fsp3) is 0.519. The summed E-state index contributed by atoms with van der Waals surface area (Å²) in [6, 6.07) is 7.74. The molecule has 0 saturated carbocycles. The summed E-state index contributed by atoms with van der Waals surface area (Å²) < 4.78 is 12.8. The van der Waals surface area contributed by atoms with Gasteiger partial charge in [0.25, 0.3) is 0 Å². The molecule has 202 valence electrons. The van der Waals surface area contributed by atoms with Crippen molar-refractivity contribution >= 4 is 36.9 Å². The van der Waals surface area contributed by atoms with Crippen molar-refractivity contribution in [1.29, 1.82) is 0 Å². The first-order valence-corrected chi connectivity index (χ1v) is 15.6. The van der Waals surface area contributed by atoms with E-state index in [2.05, 4.69) is 54.4 Å². The number of pyridine rings is 1. The third-order valence-corrected chi connectivity index (χ3v) is 12.4. The minimum atomic E-state index is -2.16. The third kappa shape index (κ3) is 6.27.